The lowest BCUT2D eigenvalue weighted by molar-refractivity contribution is -0.125. The quantitative estimate of drug-likeness (QED) is 0.784. The standard InChI is InChI=1S/C11H12N2O4/c1-7-2-4-8(5-3-7)17-11(15)12-9-6-16-13-10(9)14/h2-5,9H,6H2,1H3,(H,12,15)(H,13,14)/t9-/m1/s1. The molecule has 1 atom stereocenters. The summed E-state index contributed by atoms with van der Waals surface area (Å²) in [4.78, 5) is 27.2. The van der Waals surface area contributed by atoms with Crippen LogP contribution in [0.15, 0.2) is 24.3 Å². The molecule has 1 saturated heterocycles. The Balaban J connectivity index is 1.88. The number of ether oxygens (including phenoxy) is 1. The fraction of sp³-hybridized carbons (Fsp3) is 0.273. The van der Waals surface area contributed by atoms with Crippen molar-refractivity contribution in [2.45, 2.75) is 13.0 Å². The Bertz CT molecular complexity index is 430. The molecule has 0 aliphatic carbocycles. The molecule has 1 aromatic carbocycles. The molecule has 1 aliphatic heterocycles. The van der Waals surface area contributed by atoms with Gasteiger partial charge in [-0.2, -0.15) is 0 Å². The average Bonchev–Trinajstić information content (AvgIpc) is 2.68. The van der Waals surface area contributed by atoms with Crippen LogP contribution in [-0.4, -0.2) is 24.6 Å². The van der Waals surface area contributed by atoms with Gasteiger partial charge in [0, 0.05) is 0 Å². The lowest BCUT2D eigenvalue weighted by atomic mass is 10.2. The second kappa shape index (κ2) is 4.84. The van der Waals surface area contributed by atoms with Crippen molar-refractivity contribution in [3.63, 3.8) is 0 Å². The summed E-state index contributed by atoms with van der Waals surface area (Å²) < 4.78 is 4.99. The molecule has 2 amide bonds. The van der Waals surface area contributed by atoms with Crippen LogP contribution in [0.2, 0.25) is 0 Å². The van der Waals surface area contributed by atoms with Gasteiger partial charge in [0.1, 0.15) is 18.4 Å². The summed E-state index contributed by atoms with van der Waals surface area (Å²) in [6, 6.07) is 6.32. The third-order valence-electron chi connectivity index (χ3n) is 2.26. The minimum Gasteiger partial charge on any atom is -0.410 e. The molecule has 90 valence electrons. The molecule has 1 aromatic rings. The van der Waals surface area contributed by atoms with E-state index in [1.807, 2.05) is 19.1 Å². The lowest BCUT2D eigenvalue weighted by Crippen LogP contribution is -2.42. The van der Waals surface area contributed by atoms with Crippen molar-refractivity contribution in [3.05, 3.63) is 29.8 Å². The van der Waals surface area contributed by atoms with Gasteiger partial charge in [0.15, 0.2) is 0 Å². The highest BCUT2D eigenvalue weighted by Crippen LogP contribution is 2.11. The molecule has 17 heavy (non-hydrogen) atoms. The molecule has 1 fully saturated rings. The van der Waals surface area contributed by atoms with Crippen LogP contribution in [0.25, 0.3) is 0 Å². The minimum absolute atomic E-state index is 0.0990. The van der Waals surface area contributed by atoms with Gasteiger partial charge < -0.3 is 10.1 Å². The normalized spacial score (nSPS) is 18.6. The van der Waals surface area contributed by atoms with E-state index >= 15 is 0 Å². The van der Waals surface area contributed by atoms with Gasteiger partial charge in [0.05, 0.1) is 0 Å². The maximum Gasteiger partial charge on any atom is 0.413 e. The van der Waals surface area contributed by atoms with Gasteiger partial charge in [-0.25, -0.2) is 10.3 Å². The zero-order valence-electron chi connectivity index (χ0n) is 9.23. The second-order valence-corrected chi connectivity index (χ2v) is 3.68. The zero-order valence-corrected chi connectivity index (χ0v) is 9.23. The number of rotatable bonds is 2. The maximum absolute atomic E-state index is 11.4. The number of nitrogens with one attached hydrogen (secondary N) is 2. The van der Waals surface area contributed by atoms with Crippen molar-refractivity contribution >= 4 is 12.0 Å². The number of amides is 2. The predicted octanol–water partition coefficient (Wildman–Crippen LogP) is 0.513. The first-order chi connectivity index (χ1) is 8.15. The Morgan fingerprint density at radius 3 is 2.76 bits per heavy atom. The van der Waals surface area contributed by atoms with Gasteiger partial charge in [0.25, 0.3) is 5.91 Å². The molecule has 6 nitrogen and oxygen atoms in total. The molecular formula is C11H12N2O4. The molecule has 2 rings (SSSR count). The van der Waals surface area contributed by atoms with Gasteiger partial charge in [0.2, 0.25) is 0 Å². The fourth-order valence-corrected chi connectivity index (χ4v) is 1.34. The van der Waals surface area contributed by atoms with Crippen LogP contribution in [0.5, 0.6) is 5.75 Å². The number of benzene rings is 1. The molecule has 0 unspecified atom stereocenters. The lowest BCUT2D eigenvalue weighted by Gasteiger charge is -2.09. The van der Waals surface area contributed by atoms with Crippen molar-refractivity contribution in [3.8, 4) is 5.75 Å². The van der Waals surface area contributed by atoms with Crippen LogP contribution in [0.4, 0.5) is 4.79 Å². The molecule has 0 saturated carbocycles. The molecule has 1 aliphatic rings. The van der Waals surface area contributed by atoms with Crippen LogP contribution in [-0.2, 0) is 9.63 Å². The molecule has 1 heterocycles. The van der Waals surface area contributed by atoms with Gasteiger partial charge in [-0.1, -0.05) is 17.7 Å². The minimum atomic E-state index is -0.701. The van der Waals surface area contributed by atoms with E-state index in [-0.39, 0.29) is 12.5 Å². The Kier molecular flexibility index (Phi) is 3.24. The maximum atomic E-state index is 11.4. The van der Waals surface area contributed by atoms with E-state index in [0.29, 0.717) is 5.75 Å². The summed E-state index contributed by atoms with van der Waals surface area (Å²) >= 11 is 0. The highest BCUT2D eigenvalue weighted by Gasteiger charge is 2.27. The monoisotopic (exact) mass is 236 g/mol. The third kappa shape index (κ3) is 2.94. The first-order valence-corrected chi connectivity index (χ1v) is 5.12. The summed E-state index contributed by atoms with van der Waals surface area (Å²) in [6.45, 7) is 2.03. The summed E-state index contributed by atoms with van der Waals surface area (Å²) in [5, 5.41) is 2.39. The zero-order chi connectivity index (χ0) is 12.3. The van der Waals surface area contributed by atoms with Gasteiger partial charge in [-0.3, -0.25) is 9.63 Å². The molecule has 0 bridgehead atoms. The van der Waals surface area contributed by atoms with E-state index < -0.39 is 12.1 Å². The average molecular weight is 236 g/mol. The number of carbonyl (C=O) groups excluding carboxylic acids is 2. The van der Waals surface area contributed by atoms with Crippen LogP contribution in [0, 0.1) is 6.92 Å². The summed E-state index contributed by atoms with van der Waals surface area (Å²) in [7, 11) is 0. The van der Waals surface area contributed by atoms with Crippen molar-refractivity contribution in [2.75, 3.05) is 6.61 Å². The third-order valence-corrected chi connectivity index (χ3v) is 2.26. The van der Waals surface area contributed by atoms with E-state index in [1.165, 1.54) is 0 Å². The van der Waals surface area contributed by atoms with E-state index in [2.05, 4.69) is 15.6 Å². The molecular weight excluding hydrogens is 224 g/mol. The first-order valence-electron chi connectivity index (χ1n) is 5.12. The van der Waals surface area contributed by atoms with Crippen LogP contribution >= 0.6 is 0 Å². The topological polar surface area (TPSA) is 76.7 Å². The van der Waals surface area contributed by atoms with E-state index in [9.17, 15) is 9.59 Å². The van der Waals surface area contributed by atoms with E-state index in [1.54, 1.807) is 12.1 Å². The van der Waals surface area contributed by atoms with Crippen LogP contribution in [0.1, 0.15) is 5.56 Å². The summed E-state index contributed by atoms with van der Waals surface area (Å²) in [6.07, 6.45) is -0.681. The van der Waals surface area contributed by atoms with E-state index in [0.717, 1.165) is 5.56 Å². The highest BCUT2D eigenvalue weighted by molar-refractivity contribution is 5.86. The predicted molar refractivity (Wildman–Crippen MR) is 58.2 cm³/mol. The molecule has 6 heteroatoms. The Labute approximate surface area is 97.9 Å². The fourth-order valence-electron chi connectivity index (χ4n) is 1.34. The summed E-state index contributed by atoms with van der Waals surface area (Å²) in [5.74, 6) is 0.0401. The van der Waals surface area contributed by atoms with Crippen molar-refractivity contribution in [2.24, 2.45) is 0 Å². The van der Waals surface area contributed by atoms with Gasteiger partial charge in [-0.05, 0) is 19.1 Å². The van der Waals surface area contributed by atoms with E-state index in [4.69, 9.17) is 4.74 Å². The number of hydrogen-bond donors (Lipinski definition) is 2. The molecule has 2 N–H and O–H groups in total. The second-order valence-electron chi connectivity index (χ2n) is 3.68. The Morgan fingerprint density at radius 2 is 2.18 bits per heavy atom. The van der Waals surface area contributed by atoms with Crippen LogP contribution in [0.3, 0.4) is 0 Å². The number of hydroxylamine groups is 1. The Morgan fingerprint density at radius 1 is 1.47 bits per heavy atom. The van der Waals surface area contributed by atoms with Crippen molar-refractivity contribution in [1.82, 2.24) is 10.8 Å². The van der Waals surface area contributed by atoms with Crippen LogP contribution < -0.4 is 15.5 Å². The van der Waals surface area contributed by atoms with Crippen molar-refractivity contribution in [1.29, 1.82) is 0 Å². The largest absolute Gasteiger partial charge is 0.413 e. The van der Waals surface area contributed by atoms with Crippen molar-refractivity contribution < 1.29 is 19.2 Å². The molecule has 0 spiro atoms. The SMILES string of the molecule is Cc1ccc(OC(=O)N[C@@H]2CONC2=O)cc1. The van der Waals surface area contributed by atoms with Gasteiger partial charge in [-0.15, -0.1) is 0 Å². The number of carbonyl (C=O) groups is 2. The summed E-state index contributed by atoms with van der Waals surface area (Å²) in [5.41, 5.74) is 3.21. The molecule has 0 radical (unpaired) electrons. The van der Waals surface area contributed by atoms with Gasteiger partial charge >= 0.3 is 6.09 Å². The number of aryl methyl sites for hydroxylation is 1. The highest BCUT2D eigenvalue weighted by atomic mass is 16.7. The first kappa shape index (κ1) is 11.4. The smallest absolute Gasteiger partial charge is 0.410 e. The Hall–Kier alpha value is -2.08. The number of hydrogen-bond acceptors (Lipinski definition) is 4. The molecule has 0 aromatic heterocycles.